The molecule has 1 heterocycles. The van der Waals surface area contributed by atoms with Crippen LogP contribution in [0.5, 0.6) is 0 Å². The van der Waals surface area contributed by atoms with Crippen molar-refractivity contribution in [2.24, 2.45) is 45.8 Å². The van der Waals surface area contributed by atoms with E-state index < -0.39 is 15.5 Å². The number of aliphatic hydroxyl groups is 1. The summed E-state index contributed by atoms with van der Waals surface area (Å²) >= 11 is 0. The summed E-state index contributed by atoms with van der Waals surface area (Å²) in [4.78, 5) is 13.8. The van der Waals surface area contributed by atoms with Crippen LogP contribution in [0.4, 0.5) is 4.39 Å². The Kier molecular flexibility index (Phi) is 15.8. The maximum Gasteiger partial charge on any atom is 0.166 e. The molecule has 0 aromatic carbocycles. The number of nitrogens with one attached hydrogen (secondary N) is 1. The number of hydrogen-bond acceptors (Lipinski definition) is 6. The van der Waals surface area contributed by atoms with E-state index in [0.717, 1.165) is 76.2 Å². The smallest absolute Gasteiger partial charge is 0.166 e. The molecule has 1 aliphatic heterocycles. The van der Waals surface area contributed by atoms with Crippen molar-refractivity contribution in [3.63, 3.8) is 0 Å². The van der Waals surface area contributed by atoms with Crippen LogP contribution >= 0.6 is 0 Å². The van der Waals surface area contributed by atoms with Crippen molar-refractivity contribution >= 4 is 16.1 Å². The standard InChI is InChI=1S/C41H65FN2O3S.C3H6.C2H6.CH4O/c1-37(2)30(27-29-10-20-40(42,28-45)21-11-29)12-18-39(4)35(37)14-19-38(3)33-13-22-41(17-6-7-34(41)32(33)8-9-36(38)39)43-23-26-44-24-15-31(16-25-44)48(5,46)47;1-3-2;2*1-2/h12,27-28,31-36,43H,6-11,13-26H2,1-5H3;3H,1H2,2H3;1-2H3;2H,1H3/t32?,33?,34-,35?,36?,38?,39?,40?,41?;;;/m1.../s1. The Morgan fingerprint density at radius 2 is 1.53 bits per heavy atom. The van der Waals surface area contributed by atoms with Crippen molar-refractivity contribution in [1.29, 1.82) is 0 Å². The Morgan fingerprint density at radius 1 is 0.891 bits per heavy atom. The lowest BCUT2D eigenvalue weighted by molar-refractivity contribution is -0.175. The Bertz CT molecular complexity index is 1460. The molecule has 2 N–H and O–H groups in total. The molecule has 0 amide bonds. The zero-order chi connectivity index (χ0) is 40.9. The van der Waals surface area contributed by atoms with Crippen LogP contribution in [0.25, 0.3) is 0 Å². The Morgan fingerprint density at radius 3 is 2.13 bits per heavy atom. The average Bonchev–Trinajstić information content (AvgIpc) is 3.60. The monoisotopic (exact) mass is 789 g/mol. The molecule has 316 valence electrons. The van der Waals surface area contributed by atoms with Crippen molar-refractivity contribution < 1.29 is 22.7 Å². The number of aldehydes is 1. The van der Waals surface area contributed by atoms with Gasteiger partial charge in [-0.05, 0) is 168 Å². The molecule has 8 atom stereocenters. The maximum atomic E-state index is 14.6. The number of hydrogen-bond donors (Lipinski definition) is 2. The van der Waals surface area contributed by atoms with Gasteiger partial charge in [-0.3, -0.25) is 4.79 Å². The molecule has 6 fully saturated rings. The third kappa shape index (κ3) is 9.28. The third-order valence-corrected chi connectivity index (χ3v) is 18.2. The fraction of sp³-hybridized carbons (Fsp3) is 0.851. The molecule has 0 aromatic rings. The molecule has 0 spiro atoms. The fourth-order valence-corrected chi connectivity index (χ4v) is 15.0. The summed E-state index contributed by atoms with van der Waals surface area (Å²) in [6, 6.07) is 0. The van der Waals surface area contributed by atoms with E-state index in [1.165, 1.54) is 75.2 Å². The Balaban J connectivity index is 0.000000904. The minimum atomic E-state index is -2.92. The summed E-state index contributed by atoms with van der Waals surface area (Å²) in [6.07, 6.45) is 25.7. The van der Waals surface area contributed by atoms with Gasteiger partial charge in [0.2, 0.25) is 0 Å². The lowest BCUT2D eigenvalue weighted by Gasteiger charge is -2.68. The van der Waals surface area contributed by atoms with Gasteiger partial charge in [-0.25, -0.2) is 12.8 Å². The van der Waals surface area contributed by atoms with Crippen molar-refractivity contribution in [3.8, 4) is 0 Å². The molecule has 55 heavy (non-hydrogen) atoms. The summed E-state index contributed by atoms with van der Waals surface area (Å²) in [5.74, 6) is 3.90. The number of carbonyl (C=O) groups is 1. The molecule has 8 heteroatoms. The van der Waals surface area contributed by atoms with E-state index in [2.05, 4.69) is 56.6 Å². The number of rotatable bonds is 7. The van der Waals surface area contributed by atoms with Gasteiger partial charge in [-0.1, -0.05) is 71.8 Å². The number of piperidine rings is 1. The second-order valence-corrected chi connectivity index (χ2v) is 21.8. The molecule has 6 aliphatic carbocycles. The number of allylic oxidation sites excluding steroid dienone is 5. The molecule has 1 saturated heterocycles. The fourth-order valence-electron chi connectivity index (χ4n) is 13.9. The molecule has 6 nitrogen and oxygen atoms in total. The van der Waals surface area contributed by atoms with E-state index in [1.807, 2.05) is 20.8 Å². The minimum absolute atomic E-state index is 0.101. The van der Waals surface area contributed by atoms with Crippen LogP contribution in [0, 0.1) is 45.8 Å². The Labute approximate surface area is 336 Å². The predicted molar refractivity (Wildman–Crippen MR) is 229 cm³/mol. The lowest BCUT2D eigenvalue weighted by Crippen LogP contribution is -2.63. The first kappa shape index (κ1) is 46.3. The van der Waals surface area contributed by atoms with Gasteiger partial charge >= 0.3 is 0 Å². The summed E-state index contributed by atoms with van der Waals surface area (Å²) < 4.78 is 38.7. The highest BCUT2D eigenvalue weighted by atomic mass is 32.2. The number of halogens is 1. The molecular formula is C47H81FN2O4S. The van der Waals surface area contributed by atoms with E-state index in [4.69, 9.17) is 5.11 Å². The van der Waals surface area contributed by atoms with Gasteiger partial charge in [0, 0.05) is 32.0 Å². The number of nitrogens with zero attached hydrogens (tertiary/aromatic N) is 1. The Hall–Kier alpha value is -1.35. The van der Waals surface area contributed by atoms with E-state index in [-0.39, 0.29) is 10.7 Å². The highest BCUT2D eigenvalue weighted by Crippen LogP contribution is 2.72. The molecule has 0 radical (unpaired) electrons. The van der Waals surface area contributed by atoms with Crippen LogP contribution in [-0.2, 0) is 14.6 Å². The van der Waals surface area contributed by atoms with Gasteiger partial charge in [-0.2, -0.15) is 0 Å². The SMILES string of the molecule is C=CC.CC.CC1(C)C(C=C2CCC(F)(C=O)CC2)=CCC2(C)C1CCC1(C)C3CCC4(NCCN5CCC(S(C)(=O)=O)CC5)CCC[C@@H]4C3CCC12.CO. The van der Waals surface area contributed by atoms with Crippen LogP contribution in [0.1, 0.15) is 151 Å². The number of carbonyl (C=O) groups excluding carboxylic acids is 1. The predicted octanol–water partition coefficient (Wildman–Crippen LogP) is 10.1. The lowest BCUT2D eigenvalue weighted by atomic mass is 9.37. The minimum Gasteiger partial charge on any atom is -0.400 e. The summed E-state index contributed by atoms with van der Waals surface area (Å²) in [5.41, 5.74) is 2.32. The van der Waals surface area contributed by atoms with Gasteiger partial charge in [-0.15, -0.1) is 6.58 Å². The van der Waals surface area contributed by atoms with Crippen LogP contribution in [0.3, 0.4) is 0 Å². The highest BCUT2D eigenvalue weighted by molar-refractivity contribution is 7.91. The van der Waals surface area contributed by atoms with Gasteiger partial charge in [0.05, 0.1) is 5.25 Å². The molecule has 7 rings (SSSR count). The maximum absolute atomic E-state index is 14.6. The van der Waals surface area contributed by atoms with Crippen molar-refractivity contribution in [2.45, 2.75) is 168 Å². The number of alkyl halides is 1. The second-order valence-electron chi connectivity index (χ2n) is 19.4. The van der Waals surface area contributed by atoms with Crippen molar-refractivity contribution in [2.75, 3.05) is 39.5 Å². The first-order valence-electron chi connectivity index (χ1n) is 22.3. The first-order valence-corrected chi connectivity index (χ1v) is 24.2. The van der Waals surface area contributed by atoms with E-state index >= 15 is 0 Å². The second kappa shape index (κ2) is 18.7. The van der Waals surface area contributed by atoms with Gasteiger partial charge in [0.25, 0.3) is 0 Å². The zero-order valence-corrected chi connectivity index (χ0v) is 37.3. The van der Waals surface area contributed by atoms with E-state index in [0.29, 0.717) is 54.3 Å². The van der Waals surface area contributed by atoms with Gasteiger partial charge in [0.1, 0.15) is 9.84 Å². The molecular weight excluding hydrogens is 708 g/mol. The van der Waals surface area contributed by atoms with Gasteiger partial charge in [0.15, 0.2) is 12.0 Å². The van der Waals surface area contributed by atoms with Gasteiger partial charge < -0.3 is 15.3 Å². The normalized spacial score (nSPS) is 39.7. The number of aliphatic hydroxyl groups excluding tert-OH is 1. The molecule has 7 aliphatic rings. The van der Waals surface area contributed by atoms with Crippen molar-refractivity contribution in [3.05, 3.63) is 36.0 Å². The van der Waals surface area contributed by atoms with E-state index in [9.17, 15) is 17.6 Å². The molecule has 0 bridgehead atoms. The largest absolute Gasteiger partial charge is 0.400 e. The van der Waals surface area contributed by atoms with Crippen LogP contribution in [-0.4, -0.2) is 80.7 Å². The molecule has 5 saturated carbocycles. The first-order chi connectivity index (χ1) is 26.0. The molecule has 7 unspecified atom stereocenters. The average molecular weight is 789 g/mol. The van der Waals surface area contributed by atoms with Crippen LogP contribution in [0.2, 0.25) is 0 Å². The summed E-state index contributed by atoms with van der Waals surface area (Å²) in [5, 5.41) is 11.1. The highest BCUT2D eigenvalue weighted by Gasteiger charge is 2.65. The van der Waals surface area contributed by atoms with Crippen LogP contribution in [0.15, 0.2) is 36.0 Å². The van der Waals surface area contributed by atoms with Crippen LogP contribution < -0.4 is 5.32 Å². The quantitative estimate of drug-likeness (QED) is 0.197. The summed E-state index contributed by atoms with van der Waals surface area (Å²) in [7, 11) is -1.92. The molecule has 0 aromatic heterocycles. The zero-order valence-electron chi connectivity index (χ0n) is 36.5. The third-order valence-electron chi connectivity index (χ3n) is 16.5. The number of sulfone groups is 1. The summed E-state index contributed by atoms with van der Waals surface area (Å²) in [6.45, 7) is 23.5. The van der Waals surface area contributed by atoms with E-state index in [1.54, 1.807) is 6.08 Å². The number of likely N-dealkylation sites (tertiary alicyclic amines) is 1. The van der Waals surface area contributed by atoms with Crippen molar-refractivity contribution in [1.82, 2.24) is 10.2 Å². The number of fused-ring (bicyclic) bond motifs is 7. The topological polar surface area (TPSA) is 86.7 Å².